The van der Waals surface area contributed by atoms with Crippen LogP contribution in [0.4, 0.5) is 0 Å². The Morgan fingerprint density at radius 3 is 3.20 bits per heavy atom. The average Bonchev–Trinajstić information content (AvgIpc) is 2.73. The second-order valence-corrected chi connectivity index (χ2v) is 4.94. The molecular formula is C11H14INO2. The molecule has 1 unspecified atom stereocenters. The summed E-state index contributed by atoms with van der Waals surface area (Å²) in [5.74, 6) is 0. The standard InChI is InChI=1S/C11H14INO2/c12-10-4-1-6-13(11(10)14)7-5-9-3-2-8-15-9/h1,4,6,9H,2-3,5,7-8H2. The largest absolute Gasteiger partial charge is 0.378 e. The third kappa shape index (κ3) is 2.81. The maximum absolute atomic E-state index is 11.7. The number of aromatic nitrogens is 1. The molecular weight excluding hydrogens is 305 g/mol. The Hall–Kier alpha value is -0.360. The van der Waals surface area contributed by atoms with Crippen LogP contribution in [0.3, 0.4) is 0 Å². The molecule has 4 heteroatoms. The van der Waals surface area contributed by atoms with Crippen molar-refractivity contribution in [1.82, 2.24) is 4.57 Å². The van der Waals surface area contributed by atoms with Gasteiger partial charge in [-0.3, -0.25) is 4.79 Å². The highest BCUT2D eigenvalue weighted by Crippen LogP contribution is 2.15. The maximum Gasteiger partial charge on any atom is 0.263 e. The van der Waals surface area contributed by atoms with Gasteiger partial charge in [0.05, 0.1) is 9.67 Å². The Morgan fingerprint density at radius 2 is 2.47 bits per heavy atom. The third-order valence-electron chi connectivity index (χ3n) is 2.69. The van der Waals surface area contributed by atoms with Gasteiger partial charge in [-0.25, -0.2) is 0 Å². The fourth-order valence-electron chi connectivity index (χ4n) is 1.84. The molecule has 0 N–H and O–H groups in total. The smallest absolute Gasteiger partial charge is 0.263 e. The van der Waals surface area contributed by atoms with Crippen LogP contribution in [0.25, 0.3) is 0 Å². The Bertz CT molecular complexity index is 382. The monoisotopic (exact) mass is 319 g/mol. The minimum absolute atomic E-state index is 0.107. The van der Waals surface area contributed by atoms with E-state index in [1.807, 2.05) is 18.3 Å². The van der Waals surface area contributed by atoms with Crippen LogP contribution in [0.15, 0.2) is 23.1 Å². The molecule has 82 valence electrons. The molecule has 1 aromatic rings. The molecule has 15 heavy (non-hydrogen) atoms. The van der Waals surface area contributed by atoms with Gasteiger partial charge in [-0.2, -0.15) is 0 Å². The SMILES string of the molecule is O=c1c(I)cccn1CCC1CCCO1. The van der Waals surface area contributed by atoms with E-state index in [0.29, 0.717) is 6.10 Å². The lowest BCUT2D eigenvalue weighted by molar-refractivity contribution is 0.100. The van der Waals surface area contributed by atoms with Gasteiger partial charge in [-0.15, -0.1) is 0 Å². The lowest BCUT2D eigenvalue weighted by atomic mass is 10.2. The molecule has 1 fully saturated rings. The van der Waals surface area contributed by atoms with Crippen LogP contribution in [-0.4, -0.2) is 17.3 Å². The zero-order valence-corrected chi connectivity index (χ0v) is 10.6. The molecule has 1 aromatic heterocycles. The highest BCUT2D eigenvalue weighted by molar-refractivity contribution is 14.1. The second-order valence-electron chi connectivity index (χ2n) is 3.78. The molecule has 0 saturated carbocycles. The Morgan fingerprint density at radius 1 is 1.60 bits per heavy atom. The number of hydrogen-bond acceptors (Lipinski definition) is 2. The fraction of sp³-hybridized carbons (Fsp3) is 0.545. The van der Waals surface area contributed by atoms with Crippen LogP contribution in [0.2, 0.25) is 0 Å². The lowest BCUT2D eigenvalue weighted by Crippen LogP contribution is -2.23. The topological polar surface area (TPSA) is 31.2 Å². The van der Waals surface area contributed by atoms with Gasteiger partial charge >= 0.3 is 0 Å². The van der Waals surface area contributed by atoms with Crippen LogP contribution in [-0.2, 0) is 11.3 Å². The van der Waals surface area contributed by atoms with E-state index < -0.39 is 0 Å². The fourth-order valence-corrected chi connectivity index (χ4v) is 2.36. The number of halogens is 1. The Labute approximate surface area is 103 Å². The second kappa shape index (κ2) is 5.12. The van der Waals surface area contributed by atoms with Gasteiger partial charge in [-0.05, 0) is 54.0 Å². The van der Waals surface area contributed by atoms with Crippen molar-refractivity contribution in [2.75, 3.05) is 6.61 Å². The van der Waals surface area contributed by atoms with Crippen molar-refractivity contribution < 1.29 is 4.74 Å². The molecule has 1 saturated heterocycles. The first-order valence-corrected chi connectivity index (χ1v) is 6.32. The van der Waals surface area contributed by atoms with Crippen LogP contribution in [0, 0.1) is 3.57 Å². The van der Waals surface area contributed by atoms with E-state index in [1.54, 1.807) is 4.57 Å². The molecule has 0 aliphatic carbocycles. The first-order valence-electron chi connectivity index (χ1n) is 5.24. The van der Waals surface area contributed by atoms with E-state index in [-0.39, 0.29) is 5.56 Å². The summed E-state index contributed by atoms with van der Waals surface area (Å²) in [7, 11) is 0. The quantitative estimate of drug-likeness (QED) is 0.798. The van der Waals surface area contributed by atoms with Crippen molar-refractivity contribution >= 4 is 22.6 Å². The van der Waals surface area contributed by atoms with Crippen molar-refractivity contribution in [2.45, 2.75) is 31.9 Å². The first kappa shape index (κ1) is 11.1. The summed E-state index contributed by atoms with van der Waals surface area (Å²) in [6.07, 6.45) is 5.44. The molecule has 0 spiro atoms. The zero-order chi connectivity index (χ0) is 10.7. The Balaban J connectivity index is 1.98. The van der Waals surface area contributed by atoms with Gasteiger partial charge in [0.15, 0.2) is 0 Å². The summed E-state index contributed by atoms with van der Waals surface area (Å²) < 4.78 is 8.07. The van der Waals surface area contributed by atoms with E-state index in [4.69, 9.17) is 4.74 Å². The van der Waals surface area contributed by atoms with Crippen molar-refractivity contribution in [3.63, 3.8) is 0 Å². The van der Waals surface area contributed by atoms with Crippen LogP contribution in [0.1, 0.15) is 19.3 Å². The number of rotatable bonds is 3. The summed E-state index contributed by atoms with van der Waals surface area (Å²) in [5, 5.41) is 0. The van der Waals surface area contributed by atoms with Crippen molar-refractivity contribution in [3.05, 3.63) is 32.3 Å². The van der Waals surface area contributed by atoms with Crippen molar-refractivity contribution in [1.29, 1.82) is 0 Å². The van der Waals surface area contributed by atoms with Gasteiger partial charge in [0.2, 0.25) is 0 Å². The van der Waals surface area contributed by atoms with Gasteiger partial charge in [0, 0.05) is 19.3 Å². The average molecular weight is 319 g/mol. The lowest BCUT2D eigenvalue weighted by Gasteiger charge is -2.10. The molecule has 2 rings (SSSR count). The van der Waals surface area contributed by atoms with Crippen molar-refractivity contribution in [3.8, 4) is 0 Å². The number of hydrogen-bond donors (Lipinski definition) is 0. The Kier molecular flexibility index (Phi) is 3.80. The summed E-state index contributed by atoms with van der Waals surface area (Å²) in [6.45, 7) is 1.65. The van der Waals surface area contributed by atoms with Crippen LogP contribution < -0.4 is 5.56 Å². The molecule has 3 nitrogen and oxygen atoms in total. The normalized spacial score (nSPS) is 20.7. The highest BCUT2D eigenvalue weighted by atomic mass is 127. The van der Waals surface area contributed by atoms with E-state index in [9.17, 15) is 4.79 Å². The molecule has 1 atom stereocenters. The number of nitrogens with zero attached hydrogens (tertiary/aromatic N) is 1. The number of ether oxygens (including phenoxy) is 1. The van der Waals surface area contributed by atoms with Crippen LogP contribution in [0.5, 0.6) is 0 Å². The van der Waals surface area contributed by atoms with E-state index in [0.717, 1.165) is 36.0 Å². The summed E-state index contributed by atoms with van der Waals surface area (Å²) in [4.78, 5) is 11.7. The van der Waals surface area contributed by atoms with E-state index in [2.05, 4.69) is 22.6 Å². The minimum atomic E-state index is 0.107. The van der Waals surface area contributed by atoms with Gasteiger partial charge in [0.1, 0.15) is 0 Å². The molecule has 1 aliphatic rings. The number of pyridine rings is 1. The molecule has 0 bridgehead atoms. The van der Waals surface area contributed by atoms with E-state index in [1.165, 1.54) is 0 Å². The highest BCUT2D eigenvalue weighted by Gasteiger charge is 2.15. The summed E-state index contributed by atoms with van der Waals surface area (Å²) in [5.41, 5.74) is 0.107. The summed E-state index contributed by atoms with van der Waals surface area (Å²) >= 11 is 2.07. The van der Waals surface area contributed by atoms with Gasteiger partial charge in [-0.1, -0.05) is 0 Å². The molecule has 0 amide bonds. The van der Waals surface area contributed by atoms with Gasteiger partial charge < -0.3 is 9.30 Å². The maximum atomic E-state index is 11.7. The predicted molar refractivity (Wildman–Crippen MR) is 67.0 cm³/mol. The number of aryl methyl sites for hydroxylation is 1. The minimum Gasteiger partial charge on any atom is -0.378 e. The van der Waals surface area contributed by atoms with E-state index >= 15 is 0 Å². The third-order valence-corrected chi connectivity index (χ3v) is 3.51. The van der Waals surface area contributed by atoms with Gasteiger partial charge in [0.25, 0.3) is 5.56 Å². The predicted octanol–water partition coefficient (Wildman–Crippen LogP) is 2.02. The van der Waals surface area contributed by atoms with Crippen LogP contribution >= 0.6 is 22.6 Å². The first-order chi connectivity index (χ1) is 7.27. The molecule has 0 aromatic carbocycles. The van der Waals surface area contributed by atoms with Crippen molar-refractivity contribution in [2.24, 2.45) is 0 Å². The zero-order valence-electron chi connectivity index (χ0n) is 8.49. The molecule has 1 aliphatic heterocycles. The molecule has 0 radical (unpaired) electrons. The molecule has 2 heterocycles. The summed E-state index contributed by atoms with van der Waals surface area (Å²) in [6, 6.07) is 3.75.